The lowest BCUT2D eigenvalue weighted by Crippen LogP contribution is -2.35. The number of amidine groups is 2. The molecule has 2 aliphatic heterocycles. The lowest BCUT2D eigenvalue weighted by atomic mass is 10.1. The summed E-state index contributed by atoms with van der Waals surface area (Å²) in [6.07, 6.45) is 4.66. The average Bonchev–Trinajstić information content (AvgIpc) is 3.29. The van der Waals surface area contributed by atoms with Crippen molar-refractivity contribution in [2.24, 2.45) is 10.1 Å². The number of hydrogen-bond donors (Lipinski definition) is 1. The summed E-state index contributed by atoms with van der Waals surface area (Å²) in [5.41, 5.74) is 4.08. The Balaban J connectivity index is 1.69. The first-order valence-electron chi connectivity index (χ1n) is 10.3. The third kappa shape index (κ3) is 3.95. The van der Waals surface area contributed by atoms with E-state index < -0.39 is 5.91 Å². The summed E-state index contributed by atoms with van der Waals surface area (Å²) in [5.74, 6) is 0.446. The first-order chi connectivity index (χ1) is 14.9. The van der Waals surface area contributed by atoms with Crippen molar-refractivity contribution in [1.29, 1.82) is 5.41 Å². The summed E-state index contributed by atoms with van der Waals surface area (Å²) in [5, 5.41) is 15.9. The second kappa shape index (κ2) is 8.55. The first kappa shape index (κ1) is 21.1. The van der Waals surface area contributed by atoms with Crippen LogP contribution in [0.3, 0.4) is 0 Å². The van der Waals surface area contributed by atoms with Crippen molar-refractivity contribution in [2.45, 2.75) is 40.0 Å². The molecule has 8 heteroatoms. The van der Waals surface area contributed by atoms with Crippen LogP contribution in [0.1, 0.15) is 43.1 Å². The molecule has 3 heterocycles. The van der Waals surface area contributed by atoms with Crippen molar-refractivity contribution in [3.05, 3.63) is 52.9 Å². The van der Waals surface area contributed by atoms with Crippen LogP contribution < -0.4 is 4.74 Å². The lowest BCUT2D eigenvalue weighted by molar-refractivity contribution is -0.114. The molecule has 0 aliphatic carbocycles. The molecule has 4 rings (SSSR count). The molecule has 0 bridgehead atoms. The monoisotopic (exact) mass is 435 g/mol. The van der Waals surface area contributed by atoms with E-state index in [4.69, 9.17) is 10.1 Å². The number of rotatable bonds is 6. The van der Waals surface area contributed by atoms with Gasteiger partial charge in [-0.2, -0.15) is 15.1 Å². The Hall–Kier alpha value is -3.13. The highest BCUT2D eigenvalue weighted by molar-refractivity contribution is 8.26. The van der Waals surface area contributed by atoms with Gasteiger partial charge in [0, 0.05) is 23.1 Å². The van der Waals surface area contributed by atoms with Gasteiger partial charge in [0.1, 0.15) is 10.8 Å². The highest BCUT2D eigenvalue weighted by Crippen LogP contribution is 2.31. The van der Waals surface area contributed by atoms with Gasteiger partial charge in [-0.05, 0) is 68.3 Å². The molecule has 1 amide bonds. The van der Waals surface area contributed by atoms with Crippen molar-refractivity contribution in [3.63, 3.8) is 0 Å². The standard InChI is InChI=1S/C23H25N5O2S/c1-5-6-10-20-26-28-21(24)19(22(29)25-23(28)31-20)12-16-11-14(2)27(15(16)3)17-8-7-9-18(13-17)30-4/h7-9,11-13,24H,5-6,10H2,1-4H3. The van der Waals surface area contributed by atoms with Gasteiger partial charge in [0.25, 0.3) is 5.91 Å². The number of hydrogen-bond acceptors (Lipinski definition) is 5. The van der Waals surface area contributed by atoms with Gasteiger partial charge in [0.05, 0.1) is 12.7 Å². The van der Waals surface area contributed by atoms with Crippen LogP contribution in [0.15, 0.2) is 46.0 Å². The van der Waals surface area contributed by atoms with Gasteiger partial charge < -0.3 is 9.30 Å². The normalized spacial score (nSPS) is 17.2. The number of nitrogens with one attached hydrogen (secondary N) is 1. The molecule has 7 nitrogen and oxygen atoms in total. The molecule has 1 aromatic heterocycles. The molecular formula is C23H25N5O2S. The minimum atomic E-state index is -0.401. The molecule has 31 heavy (non-hydrogen) atoms. The zero-order chi connectivity index (χ0) is 22.1. The summed E-state index contributed by atoms with van der Waals surface area (Å²) in [6, 6.07) is 9.84. The number of carbonyl (C=O) groups is 1. The molecule has 0 radical (unpaired) electrons. The van der Waals surface area contributed by atoms with Crippen LogP contribution in [0.25, 0.3) is 11.8 Å². The molecule has 2 aliphatic rings. The number of aryl methyl sites for hydroxylation is 1. The van der Waals surface area contributed by atoms with Gasteiger partial charge in [-0.25, -0.2) is 0 Å². The third-order valence-corrected chi connectivity index (χ3v) is 6.29. The zero-order valence-corrected chi connectivity index (χ0v) is 18.9. The third-order valence-electron chi connectivity index (χ3n) is 5.32. The average molecular weight is 436 g/mol. The van der Waals surface area contributed by atoms with Crippen molar-refractivity contribution in [2.75, 3.05) is 7.11 Å². The number of hydrazone groups is 1. The molecule has 1 N–H and O–H groups in total. The van der Waals surface area contributed by atoms with E-state index in [1.807, 2.05) is 44.2 Å². The van der Waals surface area contributed by atoms with Gasteiger partial charge in [-0.3, -0.25) is 10.2 Å². The summed E-state index contributed by atoms with van der Waals surface area (Å²) in [6.45, 7) is 6.14. The highest BCUT2D eigenvalue weighted by Gasteiger charge is 2.35. The van der Waals surface area contributed by atoms with Crippen LogP contribution >= 0.6 is 11.8 Å². The quantitative estimate of drug-likeness (QED) is 0.654. The van der Waals surface area contributed by atoms with Crippen molar-refractivity contribution >= 4 is 39.8 Å². The van der Waals surface area contributed by atoms with Crippen LogP contribution in [0, 0.1) is 19.3 Å². The van der Waals surface area contributed by atoms with Gasteiger partial charge >= 0.3 is 0 Å². The smallest absolute Gasteiger partial charge is 0.283 e. The predicted molar refractivity (Wildman–Crippen MR) is 126 cm³/mol. The van der Waals surface area contributed by atoms with Gasteiger partial charge in [0.15, 0.2) is 5.84 Å². The number of aliphatic imine (C=N–C) groups is 1. The van der Waals surface area contributed by atoms with E-state index in [-0.39, 0.29) is 11.4 Å². The van der Waals surface area contributed by atoms with Crippen molar-refractivity contribution in [1.82, 2.24) is 9.58 Å². The van der Waals surface area contributed by atoms with Gasteiger partial charge in [-0.15, -0.1) is 0 Å². The maximum atomic E-state index is 12.7. The van der Waals surface area contributed by atoms with E-state index in [0.717, 1.165) is 52.7 Å². The number of unbranched alkanes of at least 4 members (excludes halogenated alkanes) is 1. The minimum absolute atomic E-state index is 0.0696. The summed E-state index contributed by atoms with van der Waals surface area (Å²) >= 11 is 1.38. The van der Waals surface area contributed by atoms with Crippen LogP contribution in [-0.2, 0) is 4.79 Å². The van der Waals surface area contributed by atoms with Crippen LogP contribution in [-0.4, -0.2) is 38.6 Å². The second-order valence-electron chi connectivity index (χ2n) is 7.48. The maximum absolute atomic E-state index is 12.7. The van der Waals surface area contributed by atoms with E-state index in [1.165, 1.54) is 16.8 Å². The Morgan fingerprint density at radius 3 is 2.81 bits per heavy atom. The molecule has 160 valence electrons. The lowest BCUT2D eigenvalue weighted by Gasteiger charge is -2.20. The van der Waals surface area contributed by atoms with Crippen molar-refractivity contribution in [3.8, 4) is 11.4 Å². The number of fused-ring (bicyclic) bond motifs is 1. The number of benzene rings is 1. The molecule has 0 saturated carbocycles. The van der Waals surface area contributed by atoms with Crippen LogP contribution in [0.2, 0.25) is 0 Å². The molecule has 2 aromatic rings. The van der Waals surface area contributed by atoms with Crippen molar-refractivity contribution < 1.29 is 9.53 Å². The maximum Gasteiger partial charge on any atom is 0.283 e. The topological polar surface area (TPSA) is 83.0 Å². The molecule has 0 fully saturated rings. The minimum Gasteiger partial charge on any atom is -0.497 e. The van der Waals surface area contributed by atoms with Gasteiger partial charge in [-0.1, -0.05) is 19.4 Å². The Kier molecular flexibility index (Phi) is 5.82. The SMILES string of the molecule is CCCCC1=NN2C(=N)C(=Cc3cc(C)n(-c4cccc(OC)c4)c3C)C(=O)N=C2S1. The van der Waals surface area contributed by atoms with E-state index in [9.17, 15) is 4.79 Å². The fourth-order valence-corrected chi connectivity index (χ4v) is 4.62. The van der Waals surface area contributed by atoms with E-state index in [0.29, 0.717) is 5.17 Å². The van der Waals surface area contributed by atoms with Crippen LogP contribution in [0.5, 0.6) is 5.75 Å². The van der Waals surface area contributed by atoms with Gasteiger partial charge in [0.2, 0.25) is 5.17 Å². The molecular weight excluding hydrogens is 410 g/mol. The fraction of sp³-hybridized carbons (Fsp3) is 0.304. The van der Waals surface area contributed by atoms with E-state index >= 15 is 0 Å². The summed E-state index contributed by atoms with van der Waals surface area (Å²) in [7, 11) is 1.65. The number of aromatic nitrogens is 1. The number of thioether (sulfide) groups is 1. The Labute approximate surface area is 186 Å². The first-order valence-corrected chi connectivity index (χ1v) is 11.1. The fourth-order valence-electron chi connectivity index (χ4n) is 3.70. The summed E-state index contributed by atoms with van der Waals surface area (Å²) < 4.78 is 7.46. The molecule has 0 atom stereocenters. The molecule has 1 aromatic carbocycles. The Morgan fingerprint density at radius 1 is 1.26 bits per heavy atom. The molecule has 0 spiro atoms. The van der Waals surface area contributed by atoms with E-state index in [1.54, 1.807) is 13.2 Å². The van der Waals surface area contributed by atoms with Crippen LogP contribution in [0.4, 0.5) is 0 Å². The van der Waals surface area contributed by atoms with E-state index in [2.05, 4.69) is 21.6 Å². The second-order valence-corrected chi connectivity index (χ2v) is 8.52. The Morgan fingerprint density at radius 2 is 2.06 bits per heavy atom. The number of carbonyl (C=O) groups excluding carboxylic acids is 1. The predicted octanol–water partition coefficient (Wildman–Crippen LogP) is 4.91. The largest absolute Gasteiger partial charge is 0.497 e. The molecule has 0 saturated heterocycles. The summed E-state index contributed by atoms with van der Waals surface area (Å²) in [4.78, 5) is 16.9. The zero-order valence-electron chi connectivity index (χ0n) is 18.1. The Bertz CT molecular complexity index is 1160. The number of ether oxygens (including phenoxy) is 1. The highest BCUT2D eigenvalue weighted by atomic mass is 32.2. The number of methoxy groups -OCH3 is 1. The number of nitrogens with zero attached hydrogens (tertiary/aromatic N) is 4. The molecule has 0 unspecified atom stereocenters. The number of amides is 1.